The molecule has 482 valence electrons. The third-order valence-corrected chi connectivity index (χ3v) is 16.1. The monoisotopic (exact) mass is 1160 g/mol. The number of allylic oxidation sites excluding steroid dienone is 21. The summed E-state index contributed by atoms with van der Waals surface area (Å²) in [6.07, 6.45) is 114. The largest absolute Gasteiger partial charge is 0.394 e. The van der Waals surface area contributed by atoms with Gasteiger partial charge in [0.05, 0.1) is 18.8 Å². The molecule has 0 aliphatic rings. The zero-order valence-corrected chi connectivity index (χ0v) is 55.6. The van der Waals surface area contributed by atoms with Gasteiger partial charge in [0, 0.05) is 6.42 Å². The van der Waals surface area contributed by atoms with Crippen LogP contribution in [-0.4, -0.2) is 34.9 Å². The molecule has 0 radical (unpaired) electrons. The number of amides is 1. The van der Waals surface area contributed by atoms with Gasteiger partial charge in [0.25, 0.3) is 0 Å². The molecule has 0 fully saturated rings. The van der Waals surface area contributed by atoms with E-state index < -0.39 is 12.1 Å². The minimum absolute atomic E-state index is 0.0798. The lowest BCUT2D eigenvalue weighted by molar-refractivity contribution is -0.123. The summed E-state index contributed by atoms with van der Waals surface area (Å²) in [7, 11) is 0. The van der Waals surface area contributed by atoms with E-state index in [1.165, 1.54) is 238 Å². The highest BCUT2D eigenvalue weighted by Gasteiger charge is 2.18. The molecular formula is C80H139NO3. The minimum atomic E-state index is -0.880. The average Bonchev–Trinajstić information content (AvgIpc) is 3.51. The van der Waals surface area contributed by atoms with Gasteiger partial charge in [0.15, 0.2) is 0 Å². The van der Waals surface area contributed by atoms with Crippen molar-refractivity contribution in [3.63, 3.8) is 0 Å². The van der Waals surface area contributed by atoms with E-state index in [0.29, 0.717) is 6.42 Å². The van der Waals surface area contributed by atoms with E-state index in [0.717, 1.165) is 89.9 Å². The number of aliphatic hydroxyl groups is 2. The Morgan fingerprint density at radius 1 is 0.298 bits per heavy atom. The molecule has 4 heteroatoms. The third-order valence-electron chi connectivity index (χ3n) is 16.1. The maximum Gasteiger partial charge on any atom is 0.220 e. The topological polar surface area (TPSA) is 69.6 Å². The van der Waals surface area contributed by atoms with Crippen molar-refractivity contribution in [3.8, 4) is 0 Å². The Morgan fingerprint density at radius 3 is 0.833 bits per heavy atom. The molecule has 4 nitrogen and oxygen atoms in total. The summed E-state index contributed by atoms with van der Waals surface area (Å²) >= 11 is 0. The lowest BCUT2D eigenvalue weighted by atomic mass is 10.0. The molecular weight excluding hydrogens is 1020 g/mol. The van der Waals surface area contributed by atoms with Crippen molar-refractivity contribution < 1.29 is 15.0 Å². The summed E-state index contributed by atoms with van der Waals surface area (Å²) in [4.78, 5) is 12.5. The number of carbonyl (C=O) groups excluding carboxylic acids is 1. The van der Waals surface area contributed by atoms with Gasteiger partial charge in [-0.2, -0.15) is 0 Å². The van der Waals surface area contributed by atoms with E-state index in [1.807, 2.05) is 6.08 Å². The van der Waals surface area contributed by atoms with E-state index >= 15 is 0 Å². The van der Waals surface area contributed by atoms with Crippen molar-refractivity contribution in [2.45, 2.75) is 360 Å². The van der Waals surface area contributed by atoms with E-state index in [9.17, 15) is 15.0 Å². The molecule has 0 bridgehead atoms. The first kappa shape index (κ1) is 80.5. The highest BCUT2D eigenvalue weighted by molar-refractivity contribution is 5.76. The fourth-order valence-electron chi connectivity index (χ4n) is 10.6. The quantitative estimate of drug-likeness (QED) is 0.0420. The van der Waals surface area contributed by atoms with Crippen LogP contribution in [0.15, 0.2) is 134 Å². The van der Waals surface area contributed by atoms with Crippen LogP contribution in [-0.2, 0) is 4.79 Å². The second kappa shape index (κ2) is 73.8. The van der Waals surface area contributed by atoms with Crippen molar-refractivity contribution >= 4 is 5.91 Å². The van der Waals surface area contributed by atoms with Crippen LogP contribution >= 0.6 is 0 Å². The highest BCUT2D eigenvalue weighted by atomic mass is 16.3. The Bertz CT molecular complexity index is 1650. The van der Waals surface area contributed by atoms with Gasteiger partial charge < -0.3 is 15.5 Å². The van der Waals surface area contributed by atoms with E-state index in [1.54, 1.807) is 6.08 Å². The molecule has 0 aromatic rings. The highest BCUT2D eigenvalue weighted by Crippen LogP contribution is 2.18. The number of hydrogen-bond acceptors (Lipinski definition) is 3. The molecule has 0 spiro atoms. The Kier molecular flexibility index (Phi) is 70.7. The fraction of sp³-hybridized carbons (Fsp3) is 0.713. The molecule has 2 unspecified atom stereocenters. The molecule has 2 atom stereocenters. The molecule has 0 aromatic heterocycles. The number of unbranched alkanes of at least 4 members (excludes halogenated alkanes) is 39. The van der Waals surface area contributed by atoms with Crippen molar-refractivity contribution in [2.75, 3.05) is 6.61 Å². The average molecular weight is 1160 g/mol. The molecule has 0 aliphatic heterocycles. The summed E-state index contributed by atoms with van der Waals surface area (Å²) in [5.74, 6) is -0.0798. The lowest BCUT2D eigenvalue weighted by Crippen LogP contribution is -2.45. The van der Waals surface area contributed by atoms with E-state index in [4.69, 9.17) is 0 Å². The lowest BCUT2D eigenvalue weighted by Gasteiger charge is -2.19. The van der Waals surface area contributed by atoms with Gasteiger partial charge >= 0.3 is 0 Å². The molecule has 0 saturated heterocycles. The predicted octanol–water partition coefficient (Wildman–Crippen LogP) is 25.3. The van der Waals surface area contributed by atoms with Gasteiger partial charge in [-0.1, -0.05) is 366 Å². The van der Waals surface area contributed by atoms with Gasteiger partial charge in [0.2, 0.25) is 5.91 Å². The summed E-state index contributed by atoms with van der Waals surface area (Å²) in [5, 5.41) is 23.3. The number of hydrogen-bond donors (Lipinski definition) is 3. The van der Waals surface area contributed by atoms with Crippen LogP contribution in [0.3, 0.4) is 0 Å². The Balaban J connectivity index is 3.55. The van der Waals surface area contributed by atoms with Gasteiger partial charge in [-0.3, -0.25) is 4.79 Å². The van der Waals surface area contributed by atoms with Crippen molar-refractivity contribution in [1.29, 1.82) is 0 Å². The third kappa shape index (κ3) is 69.3. The first-order valence-electron chi connectivity index (χ1n) is 36.4. The van der Waals surface area contributed by atoms with Gasteiger partial charge in [-0.05, 0) is 109 Å². The number of nitrogens with one attached hydrogen (secondary N) is 1. The van der Waals surface area contributed by atoms with Crippen molar-refractivity contribution in [2.24, 2.45) is 0 Å². The Morgan fingerprint density at radius 2 is 0.536 bits per heavy atom. The molecule has 0 saturated carbocycles. The van der Waals surface area contributed by atoms with Crippen molar-refractivity contribution in [3.05, 3.63) is 134 Å². The maximum atomic E-state index is 12.5. The van der Waals surface area contributed by atoms with Gasteiger partial charge in [-0.25, -0.2) is 0 Å². The zero-order chi connectivity index (χ0) is 60.5. The summed E-state index contributed by atoms with van der Waals surface area (Å²) < 4.78 is 0. The van der Waals surface area contributed by atoms with Crippen LogP contribution in [0.1, 0.15) is 348 Å². The van der Waals surface area contributed by atoms with Crippen LogP contribution in [0.5, 0.6) is 0 Å². The number of aliphatic hydroxyl groups excluding tert-OH is 2. The van der Waals surface area contributed by atoms with Crippen LogP contribution < -0.4 is 5.32 Å². The van der Waals surface area contributed by atoms with Crippen LogP contribution in [0, 0.1) is 0 Å². The van der Waals surface area contributed by atoms with Crippen LogP contribution in [0.25, 0.3) is 0 Å². The standard InChI is InChI=1S/C80H139NO3/c1-3-5-7-9-11-13-15-17-19-21-23-25-27-29-31-33-35-37-38-39-40-41-42-44-46-48-50-52-54-56-58-60-62-64-66-68-70-72-74-76-80(84)81-78(77-82)79(83)75-73-71-69-67-65-63-61-59-57-55-53-51-49-47-45-43-36-34-32-30-28-26-24-22-20-18-16-14-12-10-8-6-4-2/h5,7,11,13,17,19,23,25,29,31,35,37,39-40,42,44,57,59,65,67,73,75,78-79,82-83H,3-4,6,8-10,12,14-16,18,20-22,24,26-28,30,32-34,36,38,41,43,45-56,58,60-64,66,68-72,74,76-77H2,1-2H3,(H,81,84)/b7-5-,13-11-,19-17-,25-23-,31-29-,37-35-,40-39-,44-42-,59-57+,67-65+,75-73+. The summed E-state index contributed by atoms with van der Waals surface area (Å²) in [5.41, 5.74) is 0. The zero-order valence-electron chi connectivity index (χ0n) is 55.6. The van der Waals surface area contributed by atoms with Gasteiger partial charge in [0.1, 0.15) is 0 Å². The minimum Gasteiger partial charge on any atom is -0.394 e. The fourth-order valence-corrected chi connectivity index (χ4v) is 10.6. The first-order chi connectivity index (χ1) is 41.7. The molecule has 0 aliphatic carbocycles. The molecule has 0 rings (SSSR count). The van der Waals surface area contributed by atoms with Gasteiger partial charge in [-0.15, -0.1) is 0 Å². The molecule has 3 N–H and O–H groups in total. The molecule has 0 heterocycles. The van der Waals surface area contributed by atoms with E-state index in [-0.39, 0.29) is 12.5 Å². The summed E-state index contributed by atoms with van der Waals surface area (Å²) in [6, 6.07) is -0.656. The normalized spacial score (nSPS) is 13.5. The molecule has 0 aromatic carbocycles. The van der Waals surface area contributed by atoms with Crippen molar-refractivity contribution in [1.82, 2.24) is 5.32 Å². The molecule has 1 amide bonds. The number of rotatable bonds is 66. The smallest absolute Gasteiger partial charge is 0.220 e. The van der Waals surface area contributed by atoms with Crippen LogP contribution in [0.2, 0.25) is 0 Å². The maximum absolute atomic E-state index is 12.5. The Hall–Kier alpha value is -3.47. The number of carbonyl (C=O) groups is 1. The predicted molar refractivity (Wildman–Crippen MR) is 377 cm³/mol. The SMILES string of the molecule is CC/C=C\C/C=C\C/C=C\C/C=C\C/C=C\C/C=C\C/C=C\C/C=C\CCCCCCCCCCCCCCCCC(=O)NC(CO)C(O)/C=C/CC/C=C/CC/C=C/CCCCCCCCCCCCCCCCCCCCCCCCC. The van der Waals surface area contributed by atoms with E-state index in [2.05, 4.69) is 141 Å². The molecule has 84 heavy (non-hydrogen) atoms. The summed E-state index contributed by atoms with van der Waals surface area (Å²) in [6.45, 7) is 4.20. The second-order valence-electron chi connectivity index (χ2n) is 24.3. The second-order valence-corrected chi connectivity index (χ2v) is 24.3. The van der Waals surface area contributed by atoms with Crippen LogP contribution in [0.4, 0.5) is 0 Å². The first-order valence-corrected chi connectivity index (χ1v) is 36.4. The Labute approximate surface area is 523 Å².